The number of fused-ring (bicyclic) bond motifs is 1. The number of thioether (sulfide) groups is 1. The molecule has 5 nitrogen and oxygen atoms in total. The summed E-state index contributed by atoms with van der Waals surface area (Å²) in [7, 11) is 1.94. The van der Waals surface area contributed by atoms with E-state index in [0.29, 0.717) is 17.8 Å². The summed E-state index contributed by atoms with van der Waals surface area (Å²) in [5.74, 6) is 1.90. The van der Waals surface area contributed by atoms with Crippen LogP contribution in [0.2, 0.25) is 0 Å². The number of aromatic nitrogens is 2. The van der Waals surface area contributed by atoms with E-state index < -0.39 is 0 Å². The lowest BCUT2D eigenvalue weighted by Crippen LogP contribution is -2.39. The van der Waals surface area contributed by atoms with Crippen molar-refractivity contribution in [1.29, 1.82) is 0 Å². The second-order valence-electron chi connectivity index (χ2n) is 7.71. The Morgan fingerprint density at radius 2 is 2.14 bits per heavy atom. The number of carbonyl (C=O) groups is 1. The van der Waals surface area contributed by atoms with Gasteiger partial charge < -0.3 is 10.2 Å². The minimum Gasteiger partial charge on any atom is -0.336 e. The third kappa shape index (κ3) is 3.96. The molecule has 1 fully saturated rings. The zero-order valence-corrected chi connectivity index (χ0v) is 17.3. The number of benzene rings is 1. The molecule has 1 unspecified atom stereocenters. The Morgan fingerprint density at radius 3 is 2.89 bits per heavy atom. The Bertz CT molecular complexity index is 876. The van der Waals surface area contributed by atoms with E-state index in [1.54, 1.807) is 13.0 Å². The van der Waals surface area contributed by atoms with Crippen LogP contribution in [0.5, 0.6) is 0 Å². The van der Waals surface area contributed by atoms with Crippen LogP contribution in [0.3, 0.4) is 0 Å². The minimum atomic E-state index is -0.162. The minimum absolute atomic E-state index is 0.0680. The maximum Gasteiger partial charge on any atom is 0.274 e. The average Bonchev–Trinajstić information content (AvgIpc) is 3.05. The highest BCUT2D eigenvalue weighted by atomic mass is 32.2. The van der Waals surface area contributed by atoms with Crippen LogP contribution in [0.25, 0.3) is 0 Å². The summed E-state index contributed by atoms with van der Waals surface area (Å²) >= 11 is 1.90. The summed E-state index contributed by atoms with van der Waals surface area (Å²) in [6.45, 7) is 4.01. The molecular formula is C21H27FN4OS. The lowest BCUT2D eigenvalue weighted by atomic mass is 9.91. The van der Waals surface area contributed by atoms with E-state index in [9.17, 15) is 9.18 Å². The van der Waals surface area contributed by atoms with Crippen molar-refractivity contribution in [3.8, 4) is 0 Å². The van der Waals surface area contributed by atoms with E-state index >= 15 is 0 Å². The number of aryl methyl sites for hydroxylation is 2. The van der Waals surface area contributed by atoms with Crippen molar-refractivity contribution in [3.05, 3.63) is 52.1 Å². The highest BCUT2D eigenvalue weighted by Crippen LogP contribution is 2.26. The van der Waals surface area contributed by atoms with E-state index in [0.717, 1.165) is 55.0 Å². The maximum absolute atomic E-state index is 13.8. The highest BCUT2D eigenvalue weighted by molar-refractivity contribution is 7.99. The predicted molar refractivity (Wildman–Crippen MR) is 110 cm³/mol. The summed E-state index contributed by atoms with van der Waals surface area (Å²) < 4.78 is 15.7. The molecule has 2 heterocycles. The largest absolute Gasteiger partial charge is 0.336 e. The summed E-state index contributed by atoms with van der Waals surface area (Å²) in [6.07, 6.45) is 2.69. The quantitative estimate of drug-likeness (QED) is 0.854. The number of halogens is 1. The van der Waals surface area contributed by atoms with E-state index in [4.69, 9.17) is 0 Å². The van der Waals surface area contributed by atoms with Crippen molar-refractivity contribution in [2.45, 2.75) is 38.8 Å². The molecule has 1 aliphatic heterocycles. The average molecular weight is 403 g/mol. The molecule has 0 spiro atoms. The lowest BCUT2D eigenvalue weighted by molar-refractivity contribution is 0.0764. The van der Waals surface area contributed by atoms with E-state index in [-0.39, 0.29) is 17.8 Å². The normalized spacial score (nSPS) is 19.5. The molecule has 1 aromatic carbocycles. The number of hydrogen-bond acceptors (Lipinski definition) is 4. The van der Waals surface area contributed by atoms with Crippen molar-refractivity contribution in [2.75, 3.05) is 24.6 Å². The van der Waals surface area contributed by atoms with Crippen LogP contribution in [0.1, 0.15) is 39.3 Å². The lowest BCUT2D eigenvalue weighted by Gasteiger charge is -2.27. The molecule has 1 amide bonds. The van der Waals surface area contributed by atoms with Gasteiger partial charge in [-0.05, 0) is 43.4 Å². The van der Waals surface area contributed by atoms with Gasteiger partial charge in [-0.3, -0.25) is 9.48 Å². The number of carbonyl (C=O) groups excluding carboxylic acids is 1. The summed E-state index contributed by atoms with van der Waals surface area (Å²) in [4.78, 5) is 15.0. The van der Waals surface area contributed by atoms with Crippen LogP contribution < -0.4 is 5.32 Å². The molecular weight excluding hydrogens is 375 g/mol. The SMILES string of the molecule is Cc1ccc(CNC2CCc3c(c(C(=O)N4CCSCC4)nn3C)C2)cc1F. The summed E-state index contributed by atoms with van der Waals surface area (Å²) in [5.41, 5.74) is 4.50. The third-order valence-corrected chi connectivity index (χ3v) is 6.73. The number of hydrogen-bond donors (Lipinski definition) is 1. The van der Waals surface area contributed by atoms with Crippen LogP contribution in [0.4, 0.5) is 4.39 Å². The van der Waals surface area contributed by atoms with Crippen LogP contribution in [0, 0.1) is 12.7 Å². The second-order valence-corrected chi connectivity index (χ2v) is 8.93. The van der Waals surface area contributed by atoms with Gasteiger partial charge in [0.05, 0.1) is 0 Å². The third-order valence-electron chi connectivity index (χ3n) is 5.79. The smallest absolute Gasteiger partial charge is 0.274 e. The molecule has 28 heavy (non-hydrogen) atoms. The molecule has 0 radical (unpaired) electrons. The van der Waals surface area contributed by atoms with Gasteiger partial charge in [0.15, 0.2) is 5.69 Å². The van der Waals surface area contributed by atoms with Crippen molar-refractivity contribution in [3.63, 3.8) is 0 Å². The Balaban J connectivity index is 1.46. The molecule has 1 saturated heterocycles. The zero-order chi connectivity index (χ0) is 19.7. The van der Waals surface area contributed by atoms with E-state index in [2.05, 4.69) is 10.4 Å². The molecule has 2 aliphatic rings. The molecule has 1 N–H and O–H groups in total. The van der Waals surface area contributed by atoms with Crippen molar-refractivity contribution >= 4 is 17.7 Å². The van der Waals surface area contributed by atoms with Gasteiger partial charge in [-0.25, -0.2) is 4.39 Å². The number of amides is 1. The number of rotatable bonds is 4. The molecule has 2 aromatic rings. The van der Waals surface area contributed by atoms with Gasteiger partial charge in [0.1, 0.15) is 5.82 Å². The first-order valence-corrected chi connectivity index (χ1v) is 11.1. The Labute approximate surface area is 169 Å². The molecule has 1 aliphatic carbocycles. The molecule has 7 heteroatoms. The molecule has 1 aromatic heterocycles. The fourth-order valence-electron chi connectivity index (χ4n) is 4.06. The van der Waals surface area contributed by atoms with Crippen molar-refractivity contribution in [1.82, 2.24) is 20.0 Å². The highest BCUT2D eigenvalue weighted by Gasteiger charge is 2.30. The first kappa shape index (κ1) is 19.5. The van der Waals surface area contributed by atoms with Gasteiger partial charge in [-0.15, -0.1) is 0 Å². The van der Waals surface area contributed by atoms with Crippen LogP contribution >= 0.6 is 11.8 Å². The van der Waals surface area contributed by atoms with Crippen LogP contribution in [-0.2, 0) is 26.4 Å². The van der Waals surface area contributed by atoms with Gasteiger partial charge in [-0.1, -0.05) is 12.1 Å². The van der Waals surface area contributed by atoms with E-state index in [1.807, 2.05) is 40.5 Å². The Morgan fingerprint density at radius 1 is 1.36 bits per heavy atom. The fraction of sp³-hybridized carbons (Fsp3) is 0.524. The van der Waals surface area contributed by atoms with Crippen molar-refractivity contribution < 1.29 is 9.18 Å². The van der Waals surface area contributed by atoms with Crippen LogP contribution in [0.15, 0.2) is 18.2 Å². The molecule has 0 saturated carbocycles. The second kappa shape index (κ2) is 8.25. The van der Waals surface area contributed by atoms with Gasteiger partial charge in [-0.2, -0.15) is 16.9 Å². The van der Waals surface area contributed by atoms with E-state index in [1.165, 1.54) is 5.69 Å². The van der Waals surface area contributed by atoms with Gasteiger partial charge in [0.2, 0.25) is 0 Å². The summed E-state index contributed by atoms with van der Waals surface area (Å²) in [6, 6.07) is 5.65. The molecule has 4 rings (SSSR count). The molecule has 1 atom stereocenters. The monoisotopic (exact) mass is 402 g/mol. The maximum atomic E-state index is 13.8. The Hall–Kier alpha value is -1.86. The number of nitrogens with one attached hydrogen (secondary N) is 1. The first-order valence-electron chi connectivity index (χ1n) is 9.93. The summed E-state index contributed by atoms with van der Waals surface area (Å²) in [5, 5.41) is 8.13. The topological polar surface area (TPSA) is 50.2 Å². The Kier molecular flexibility index (Phi) is 5.73. The fourth-order valence-corrected chi connectivity index (χ4v) is 4.96. The van der Waals surface area contributed by atoms with Gasteiger partial charge >= 0.3 is 0 Å². The predicted octanol–water partition coefficient (Wildman–Crippen LogP) is 2.70. The standard InChI is InChI=1S/C21H27FN4OS/c1-14-3-4-15(11-18(14)22)13-23-16-5-6-19-17(12-16)20(24-25(19)2)21(27)26-7-9-28-10-8-26/h3-4,11,16,23H,5-10,12-13H2,1-2H3. The van der Waals surface area contributed by atoms with Gasteiger partial charge in [0.25, 0.3) is 5.91 Å². The molecule has 150 valence electrons. The number of nitrogens with zero attached hydrogens (tertiary/aromatic N) is 3. The van der Waals surface area contributed by atoms with Crippen LogP contribution in [-0.4, -0.2) is 51.2 Å². The molecule has 0 bridgehead atoms. The van der Waals surface area contributed by atoms with Gasteiger partial charge in [0, 0.05) is 55.5 Å². The first-order chi connectivity index (χ1) is 13.5. The zero-order valence-electron chi connectivity index (χ0n) is 16.5. The van der Waals surface area contributed by atoms with Crippen molar-refractivity contribution in [2.24, 2.45) is 7.05 Å².